The van der Waals surface area contributed by atoms with Crippen LogP contribution < -0.4 is 0 Å². The summed E-state index contributed by atoms with van der Waals surface area (Å²) >= 11 is 7.83. The van der Waals surface area contributed by atoms with Crippen LogP contribution in [0.5, 0.6) is 0 Å². The standard InChI is InChI=1S/C16H10IN3S/c17-11-4-5-15-13(8-11)19-16(21)20(15)14-3-1-2-10-6-7-18-9-12(10)14/h1-9H,(H,19,21). The average molecular weight is 403 g/mol. The molecule has 0 spiro atoms. The van der Waals surface area contributed by atoms with Crippen LogP contribution in [0.2, 0.25) is 0 Å². The molecule has 0 aliphatic heterocycles. The lowest BCUT2D eigenvalue weighted by molar-refractivity contribution is 1.07. The summed E-state index contributed by atoms with van der Waals surface area (Å²) in [6.07, 6.45) is 3.70. The molecular weight excluding hydrogens is 393 g/mol. The van der Waals surface area contributed by atoms with E-state index in [1.54, 1.807) is 0 Å². The van der Waals surface area contributed by atoms with Gasteiger partial charge in [0.05, 0.1) is 16.7 Å². The monoisotopic (exact) mass is 403 g/mol. The van der Waals surface area contributed by atoms with Crippen LogP contribution in [0, 0.1) is 8.34 Å². The maximum absolute atomic E-state index is 5.53. The number of halogens is 1. The summed E-state index contributed by atoms with van der Waals surface area (Å²) in [5.74, 6) is 0. The van der Waals surface area contributed by atoms with Gasteiger partial charge in [0.25, 0.3) is 0 Å². The highest BCUT2D eigenvalue weighted by molar-refractivity contribution is 14.1. The number of imidazole rings is 1. The van der Waals surface area contributed by atoms with Gasteiger partial charge in [0.15, 0.2) is 4.77 Å². The number of benzene rings is 2. The number of hydrogen-bond acceptors (Lipinski definition) is 2. The van der Waals surface area contributed by atoms with Gasteiger partial charge >= 0.3 is 0 Å². The van der Waals surface area contributed by atoms with Gasteiger partial charge in [0.2, 0.25) is 0 Å². The minimum Gasteiger partial charge on any atom is -0.330 e. The number of nitrogens with one attached hydrogen (secondary N) is 1. The number of aromatic nitrogens is 3. The highest BCUT2D eigenvalue weighted by Gasteiger charge is 2.09. The molecule has 3 nitrogen and oxygen atoms in total. The van der Waals surface area contributed by atoms with Gasteiger partial charge in [-0.3, -0.25) is 9.55 Å². The number of hydrogen-bond donors (Lipinski definition) is 1. The lowest BCUT2D eigenvalue weighted by Gasteiger charge is -2.08. The Morgan fingerprint density at radius 1 is 1.14 bits per heavy atom. The van der Waals surface area contributed by atoms with Gasteiger partial charge in [-0.15, -0.1) is 0 Å². The summed E-state index contributed by atoms with van der Waals surface area (Å²) in [6, 6.07) is 14.5. The first-order chi connectivity index (χ1) is 10.2. The fraction of sp³-hybridized carbons (Fsp3) is 0. The summed E-state index contributed by atoms with van der Waals surface area (Å²) in [5.41, 5.74) is 3.18. The van der Waals surface area contributed by atoms with Crippen molar-refractivity contribution in [1.29, 1.82) is 0 Å². The topological polar surface area (TPSA) is 33.6 Å². The van der Waals surface area contributed by atoms with Crippen LogP contribution in [-0.4, -0.2) is 14.5 Å². The molecule has 4 rings (SSSR count). The quantitative estimate of drug-likeness (QED) is 0.365. The Morgan fingerprint density at radius 3 is 2.95 bits per heavy atom. The largest absolute Gasteiger partial charge is 0.330 e. The molecular formula is C16H10IN3S. The number of rotatable bonds is 1. The fourth-order valence-corrected chi connectivity index (χ4v) is 3.41. The summed E-state index contributed by atoms with van der Waals surface area (Å²) in [4.78, 5) is 7.53. The van der Waals surface area contributed by atoms with Gasteiger partial charge in [-0.05, 0) is 70.5 Å². The first-order valence-electron chi connectivity index (χ1n) is 6.47. The normalized spacial score (nSPS) is 11.3. The van der Waals surface area contributed by atoms with Crippen LogP contribution in [0.15, 0.2) is 54.9 Å². The Kier molecular flexibility index (Phi) is 3.04. The molecule has 0 fully saturated rings. The van der Waals surface area contributed by atoms with Gasteiger partial charge < -0.3 is 4.98 Å². The van der Waals surface area contributed by atoms with Crippen LogP contribution in [0.4, 0.5) is 0 Å². The molecule has 1 N–H and O–H groups in total. The van der Waals surface area contributed by atoms with E-state index < -0.39 is 0 Å². The molecule has 0 amide bonds. The number of aromatic amines is 1. The molecule has 0 saturated heterocycles. The predicted molar refractivity (Wildman–Crippen MR) is 96.5 cm³/mol. The van der Waals surface area contributed by atoms with Crippen molar-refractivity contribution in [2.24, 2.45) is 0 Å². The van der Waals surface area contributed by atoms with Crippen molar-refractivity contribution >= 4 is 56.6 Å². The predicted octanol–water partition coefficient (Wildman–Crippen LogP) is 4.84. The van der Waals surface area contributed by atoms with Crippen molar-refractivity contribution in [3.05, 3.63) is 63.2 Å². The third kappa shape index (κ3) is 2.08. The van der Waals surface area contributed by atoms with Crippen molar-refractivity contribution in [1.82, 2.24) is 14.5 Å². The van der Waals surface area contributed by atoms with E-state index in [1.807, 2.05) is 24.5 Å². The second-order valence-corrected chi connectivity index (χ2v) is 6.43. The van der Waals surface area contributed by atoms with Gasteiger partial charge in [0, 0.05) is 21.4 Å². The molecule has 4 aromatic rings. The Bertz CT molecular complexity index is 1030. The molecule has 0 aliphatic rings. The molecule has 0 radical (unpaired) electrons. The molecule has 2 heterocycles. The highest BCUT2D eigenvalue weighted by atomic mass is 127. The summed E-state index contributed by atoms with van der Waals surface area (Å²) in [7, 11) is 0. The van der Waals surface area contributed by atoms with E-state index in [9.17, 15) is 0 Å². The van der Waals surface area contributed by atoms with Gasteiger partial charge in [0.1, 0.15) is 0 Å². The van der Waals surface area contributed by atoms with E-state index in [0.29, 0.717) is 4.77 Å². The number of pyridine rings is 1. The minimum absolute atomic E-state index is 0.698. The van der Waals surface area contributed by atoms with Crippen molar-refractivity contribution < 1.29 is 0 Å². The Labute approximate surface area is 139 Å². The second kappa shape index (κ2) is 4.92. The molecule has 0 aliphatic carbocycles. The SMILES string of the molecule is S=c1[nH]c2cc(I)ccc2n1-c1cccc2ccncc12. The fourth-order valence-electron chi connectivity index (χ4n) is 2.62. The second-order valence-electron chi connectivity index (χ2n) is 4.80. The summed E-state index contributed by atoms with van der Waals surface area (Å²) in [6.45, 7) is 0. The molecule has 0 unspecified atom stereocenters. The zero-order chi connectivity index (χ0) is 14.4. The lowest BCUT2D eigenvalue weighted by atomic mass is 10.1. The molecule has 2 aromatic heterocycles. The van der Waals surface area contributed by atoms with Crippen molar-refractivity contribution in [3.63, 3.8) is 0 Å². The van der Waals surface area contributed by atoms with Crippen LogP contribution in [-0.2, 0) is 0 Å². The van der Waals surface area contributed by atoms with Crippen LogP contribution in [0.3, 0.4) is 0 Å². The average Bonchev–Trinajstić information content (AvgIpc) is 2.81. The van der Waals surface area contributed by atoms with E-state index >= 15 is 0 Å². The zero-order valence-corrected chi connectivity index (χ0v) is 13.9. The zero-order valence-electron chi connectivity index (χ0n) is 10.9. The Morgan fingerprint density at radius 2 is 2.05 bits per heavy atom. The minimum atomic E-state index is 0.698. The Balaban J connectivity index is 2.14. The van der Waals surface area contributed by atoms with Crippen LogP contribution >= 0.6 is 34.8 Å². The maximum Gasteiger partial charge on any atom is 0.182 e. The smallest absolute Gasteiger partial charge is 0.182 e. The number of fused-ring (bicyclic) bond motifs is 2. The lowest BCUT2D eigenvalue weighted by Crippen LogP contribution is -1.95. The van der Waals surface area contributed by atoms with Crippen LogP contribution in [0.25, 0.3) is 27.5 Å². The summed E-state index contributed by atoms with van der Waals surface area (Å²) < 4.78 is 3.96. The first-order valence-corrected chi connectivity index (χ1v) is 7.96. The molecule has 21 heavy (non-hydrogen) atoms. The Hall–Kier alpha value is -1.73. The van der Waals surface area contributed by atoms with Gasteiger partial charge in [-0.2, -0.15) is 0 Å². The van der Waals surface area contributed by atoms with Crippen LogP contribution in [0.1, 0.15) is 0 Å². The van der Waals surface area contributed by atoms with Crippen molar-refractivity contribution in [3.8, 4) is 5.69 Å². The van der Waals surface area contributed by atoms with E-state index in [0.717, 1.165) is 27.5 Å². The maximum atomic E-state index is 5.53. The van der Waals surface area contributed by atoms with E-state index in [1.165, 1.54) is 3.57 Å². The highest BCUT2D eigenvalue weighted by Crippen LogP contribution is 2.26. The van der Waals surface area contributed by atoms with Gasteiger partial charge in [-0.25, -0.2) is 0 Å². The van der Waals surface area contributed by atoms with Crippen molar-refractivity contribution in [2.75, 3.05) is 0 Å². The number of H-pyrrole nitrogens is 1. The van der Waals surface area contributed by atoms with E-state index in [2.05, 4.69) is 67.5 Å². The van der Waals surface area contributed by atoms with E-state index in [-0.39, 0.29) is 0 Å². The first kappa shape index (κ1) is 13.0. The molecule has 5 heteroatoms. The molecule has 102 valence electrons. The molecule has 0 atom stereocenters. The van der Waals surface area contributed by atoms with Gasteiger partial charge in [-0.1, -0.05) is 12.1 Å². The van der Waals surface area contributed by atoms with E-state index in [4.69, 9.17) is 12.2 Å². The number of nitrogens with zero attached hydrogens (tertiary/aromatic N) is 2. The summed E-state index contributed by atoms with van der Waals surface area (Å²) in [5, 5.41) is 2.25. The van der Waals surface area contributed by atoms with Crippen molar-refractivity contribution in [2.45, 2.75) is 0 Å². The third-order valence-electron chi connectivity index (χ3n) is 3.55. The molecule has 2 aromatic carbocycles. The molecule has 0 bridgehead atoms. The molecule has 0 saturated carbocycles. The third-order valence-corrected chi connectivity index (χ3v) is 4.50.